The molecule has 1 aromatic rings. The summed E-state index contributed by atoms with van der Waals surface area (Å²) in [7, 11) is 0. The Labute approximate surface area is 109 Å². The summed E-state index contributed by atoms with van der Waals surface area (Å²) in [5, 5.41) is 11.9. The van der Waals surface area contributed by atoms with E-state index in [1.807, 2.05) is 6.07 Å². The molecule has 5 heteroatoms. The van der Waals surface area contributed by atoms with Crippen LogP contribution in [-0.2, 0) is 4.79 Å². The number of hydrogen-bond acceptors (Lipinski definition) is 3. The molecule has 0 radical (unpaired) electrons. The van der Waals surface area contributed by atoms with E-state index in [-0.39, 0.29) is 17.9 Å². The highest BCUT2D eigenvalue weighted by Crippen LogP contribution is 2.44. The zero-order valence-electron chi connectivity index (χ0n) is 9.28. The monoisotopic (exact) mass is 271 g/mol. The minimum Gasteiger partial charge on any atom is -0.396 e. The van der Waals surface area contributed by atoms with E-state index in [1.54, 1.807) is 12.1 Å². The van der Waals surface area contributed by atoms with Gasteiger partial charge in [0.25, 0.3) is 0 Å². The number of amides is 1. The van der Waals surface area contributed by atoms with Crippen LogP contribution in [0.5, 0.6) is 0 Å². The Kier molecular flexibility index (Phi) is 3.86. The van der Waals surface area contributed by atoms with Crippen LogP contribution < -0.4 is 5.32 Å². The quantitative estimate of drug-likeness (QED) is 0.808. The van der Waals surface area contributed by atoms with Crippen molar-refractivity contribution in [2.75, 3.05) is 13.2 Å². The predicted octanol–water partition coefficient (Wildman–Crippen LogP) is 2.30. The third-order valence-corrected chi connectivity index (χ3v) is 4.12. The molecule has 0 unspecified atom stereocenters. The molecule has 0 atom stereocenters. The Hall–Kier alpha value is -0.840. The summed E-state index contributed by atoms with van der Waals surface area (Å²) in [6.45, 7) is 0.704. The highest BCUT2D eigenvalue weighted by Gasteiger charge is 2.41. The molecule has 1 aliphatic rings. The first-order valence-corrected chi connectivity index (χ1v) is 6.65. The van der Waals surface area contributed by atoms with Crippen molar-refractivity contribution < 1.29 is 9.90 Å². The van der Waals surface area contributed by atoms with E-state index in [1.165, 1.54) is 17.4 Å². The third-order valence-electron chi connectivity index (χ3n) is 2.92. The standard InChI is InChI=1S/C12H14ClNO2S/c13-10-3-1-9(17-10)2-4-11(16)14-7-12(8-15)5-6-12/h1-4,15H,5-8H2,(H,14,16)/b4-2+. The molecule has 0 aromatic carbocycles. The number of carbonyl (C=O) groups excluding carboxylic acids is 1. The molecule has 0 aliphatic heterocycles. The number of halogens is 1. The summed E-state index contributed by atoms with van der Waals surface area (Å²) in [4.78, 5) is 12.5. The Morgan fingerprint density at radius 1 is 1.59 bits per heavy atom. The molecule has 1 aliphatic carbocycles. The molecule has 2 rings (SSSR count). The van der Waals surface area contributed by atoms with Gasteiger partial charge in [0.2, 0.25) is 5.91 Å². The lowest BCUT2D eigenvalue weighted by atomic mass is 10.1. The fourth-order valence-corrected chi connectivity index (χ4v) is 2.44. The second kappa shape index (κ2) is 5.21. The minimum absolute atomic E-state index is 0.0459. The van der Waals surface area contributed by atoms with Crippen molar-refractivity contribution in [3.8, 4) is 0 Å². The molecule has 1 saturated carbocycles. The van der Waals surface area contributed by atoms with Crippen molar-refractivity contribution in [1.29, 1.82) is 0 Å². The van der Waals surface area contributed by atoms with Gasteiger partial charge < -0.3 is 10.4 Å². The van der Waals surface area contributed by atoms with Crippen molar-refractivity contribution in [3.05, 3.63) is 27.4 Å². The summed E-state index contributed by atoms with van der Waals surface area (Å²) < 4.78 is 0.710. The average molecular weight is 272 g/mol. The van der Waals surface area contributed by atoms with E-state index in [0.717, 1.165) is 17.7 Å². The van der Waals surface area contributed by atoms with Gasteiger partial charge in [0.15, 0.2) is 0 Å². The van der Waals surface area contributed by atoms with Crippen LogP contribution in [0.4, 0.5) is 0 Å². The van der Waals surface area contributed by atoms with Crippen LogP contribution in [0.2, 0.25) is 4.34 Å². The normalized spacial score (nSPS) is 17.3. The minimum atomic E-state index is -0.130. The topological polar surface area (TPSA) is 49.3 Å². The van der Waals surface area contributed by atoms with Gasteiger partial charge in [-0.2, -0.15) is 0 Å². The van der Waals surface area contributed by atoms with Crippen LogP contribution in [0.3, 0.4) is 0 Å². The van der Waals surface area contributed by atoms with Crippen molar-refractivity contribution in [3.63, 3.8) is 0 Å². The molecule has 1 aromatic heterocycles. The van der Waals surface area contributed by atoms with Crippen LogP contribution in [0, 0.1) is 5.41 Å². The molecule has 17 heavy (non-hydrogen) atoms. The smallest absolute Gasteiger partial charge is 0.244 e. The molecular formula is C12H14ClNO2S. The zero-order chi connectivity index (χ0) is 12.3. The Morgan fingerprint density at radius 2 is 2.35 bits per heavy atom. The summed E-state index contributed by atoms with van der Waals surface area (Å²) in [5.41, 5.74) is -0.0459. The molecule has 1 fully saturated rings. The van der Waals surface area contributed by atoms with Gasteiger partial charge in [0, 0.05) is 22.9 Å². The molecule has 0 bridgehead atoms. The van der Waals surface area contributed by atoms with Gasteiger partial charge in [0.1, 0.15) is 0 Å². The lowest BCUT2D eigenvalue weighted by Gasteiger charge is -2.10. The first-order chi connectivity index (χ1) is 8.13. The van der Waals surface area contributed by atoms with Gasteiger partial charge in [-0.05, 0) is 31.1 Å². The highest BCUT2D eigenvalue weighted by atomic mass is 35.5. The molecule has 0 spiro atoms. The summed E-state index contributed by atoms with van der Waals surface area (Å²) >= 11 is 7.21. The van der Waals surface area contributed by atoms with E-state index in [9.17, 15) is 4.79 Å². The highest BCUT2D eigenvalue weighted by molar-refractivity contribution is 7.17. The van der Waals surface area contributed by atoms with E-state index in [4.69, 9.17) is 16.7 Å². The molecule has 2 N–H and O–H groups in total. The second-order valence-electron chi connectivity index (χ2n) is 4.35. The summed E-state index contributed by atoms with van der Waals surface area (Å²) in [5.74, 6) is -0.130. The number of aliphatic hydroxyl groups excluding tert-OH is 1. The van der Waals surface area contributed by atoms with E-state index < -0.39 is 0 Å². The van der Waals surface area contributed by atoms with Crippen LogP contribution in [-0.4, -0.2) is 24.2 Å². The van der Waals surface area contributed by atoms with Crippen molar-refractivity contribution in [2.45, 2.75) is 12.8 Å². The van der Waals surface area contributed by atoms with Gasteiger partial charge in [-0.1, -0.05) is 11.6 Å². The maximum absolute atomic E-state index is 11.5. The van der Waals surface area contributed by atoms with Crippen LogP contribution in [0.25, 0.3) is 6.08 Å². The van der Waals surface area contributed by atoms with Crippen LogP contribution in [0.1, 0.15) is 17.7 Å². The van der Waals surface area contributed by atoms with Gasteiger partial charge in [-0.25, -0.2) is 0 Å². The van der Waals surface area contributed by atoms with E-state index >= 15 is 0 Å². The molecule has 0 saturated heterocycles. The number of aliphatic hydroxyl groups is 1. The van der Waals surface area contributed by atoms with Crippen molar-refractivity contribution in [2.24, 2.45) is 5.41 Å². The fraction of sp³-hybridized carbons (Fsp3) is 0.417. The third kappa shape index (κ3) is 3.56. The Morgan fingerprint density at radius 3 is 2.88 bits per heavy atom. The number of nitrogens with one attached hydrogen (secondary N) is 1. The van der Waals surface area contributed by atoms with Crippen molar-refractivity contribution >= 4 is 34.9 Å². The molecule has 3 nitrogen and oxygen atoms in total. The molecular weight excluding hydrogens is 258 g/mol. The second-order valence-corrected chi connectivity index (χ2v) is 6.10. The van der Waals surface area contributed by atoms with E-state index in [0.29, 0.717) is 10.9 Å². The lowest BCUT2D eigenvalue weighted by Crippen LogP contribution is -2.30. The van der Waals surface area contributed by atoms with Gasteiger partial charge >= 0.3 is 0 Å². The lowest BCUT2D eigenvalue weighted by molar-refractivity contribution is -0.116. The summed E-state index contributed by atoms with van der Waals surface area (Å²) in [6.07, 6.45) is 5.22. The molecule has 1 amide bonds. The van der Waals surface area contributed by atoms with E-state index in [2.05, 4.69) is 5.32 Å². The zero-order valence-corrected chi connectivity index (χ0v) is 10.9. The van der Waals surface area contributed by atoms with Gasteiger partial charge in [0.05, 0.1) is 10.9 Å². The fourth-order valence-electron chi connectivity index (χ4n) is 1.48. The SMILES string of the molecule is O=C(/C=C/c1ccc(Cl)s1)NCC1(CO)CC1. The Balaban J connectivity index is 1.79. The largest absolute Gasteiger partial charge is 0.396 e. The Bertz CT molecular complexity index is 437. The predicted molar refractivity (Wildman–Crippen MR) is 70.1 cm³/mol. The maximum Gasteiger partial charge on any atom is 0.244 e. The van der Waals surface area contributed by atoms with Crippen molar-refractivity contribution in [1.82, 2.24) is 5.32 Å². The number of hydrogen-bond donors (Lipinski definition) is 2. The molecule has 92 valence electrons. The van der Waals surface area contributed by atoms with Gasteiger partial charge in [-0.15, -0.1) is 11.3 Å². The van der Waals surface area contributed by atoms with Gasteiger partial charge in [-0.3, -0.25) is 4.79 Å². The summed E-state index contributed by atoms with van der Waals surface area (Å²) in [6, 6.07) is 3.67. The number of rotatable bonds is 5. The first-order valence-electron chi connectivity index (χ1n) is 5.46. The molecule has 1 heterocycles. The average Bonchev–Trinajstić information content (AvgIpc) is 3.00. The van der Waals surface area contributed by atoms with Crippen LogP contribution >= 0.6 is 22.9 Å². The first kappa shape index (κ1) is 12.6. The number of thiophene rings is 1. The maximum atomic E-state index is 11.5. The van der Waals surface area contributed by atoms with Crippen LogP contribution in [0.15, 0.2) is 18.2 Å². The number of carbonyl (C=O) groups is 1.